The van der Waals surface area contributed by atoms with E-state index < -0.39 is 10.0 Å². The van der Waals surface area contributed by atoms with Crippen molar-refractivity contribution in [3.8, 4) is 0 Å². The Morgan fingerprint density at radius 2 is 2.08 bits per heavy atom. The van der Waals surface area contributed by atoms with Gasteiger partial charge in [0.15, 0.2) is 5.96 Å². The zero-order chi connectivity index (χ0) is 18.7. The summed E-state index contributed by atoms with van der Waals surface area (Å²) < 4.78 is 24.5. The quantitative estimate of drug-likeness (QED) is 0.274. The zero-order valence-corrected chi connectivity index (χ0v) is 16.7. The summed E-state index contributed by atoms with van der Waals surface area (Å²) in [7, 11) is -3.14. The summed E-state index contributed by atoms with van der Waals surface area (Å²) >= 11 is 5.77. The van der Waals surface area contributed by atoms with Crippen molar-refractivity contribution < 1.29 is 8.42 Å². The average molecular weight is 390 g/mol. The SMILES string of the molecule is CCNC(=NCCCN(CC)S(C)(=O)=O)NCCc1ccc(Cl)nc1. The Labute approximate surface area is 155 Å². The fourth-order valence-electron chi connectivity index (χ4n) is 2.22. The Kier molecular flexibility index (Phi) is 9.77. The van der Waals surface area contributed by atoms with Crippen molar-refractivity contribution in [1.82, 2.24) is 19.9 Å². The molecule has 25 heavy (non-hydrogen) atoms. The van der Waals surface area contributed by atoms with Gasteiger partial charge >= 0.3 is 0 Å². The van der Waals surface area contributed by atoms with Crippen LogP contribution in [0.3, 0.4) is 0 Å². The van der Waals surface area contributed by atoms with Crippen molar-refractivity contribution in [1.29, 1.82) is 0 Å². The molecule has 0 aliphatic carbocycles. The molecule has 1 aromatic heterocycles. The molecule has 0 unspecified atom stereocenters. The third-order valence-electron chi connectivity index (χ3n) is 3.50. The number of halogens is 1. The number of sulfonamides is 1. The molecule has 0 aliphatic rings. The van der Waals surface area contributed by atoms with E-state index in [9.17, 15) is 8.42 Å². The van der Waals surface area contributed by atoms with Crippen LogP contribution in [0.1, 0.15) is 25.8 Å². The molecule has 9 heteroatoms. The lowest BCUT2D eigenvalue weighted by atomic mass is 10.2. The number of rotatable bonds is 10. The maximum atomic E-state index is 11.5. The fraction of sp³-hybridized carbons (Fsp3) is 0.625. The van der Waals surface area contributed by atoms with Gasteiger partial charge in [-0.1, -0.05) is 24.6 Å². The lowest BCUT2D eigenvalue weighted by Crippen LogP contribution is -2.38. The highest BCUT2D eigenvalue weighted by molar-refractivity contribution is 7.88. The standard InChI is InChI=1S/C16H28ClN5O2S/c1-4-18-16(19-10-6-12-22(5-2)25(3,23)24)20-11-9-14-7-8-15(17)21-13-14/h7-8,13H,4-6,9-12H2,1-3H3,(H2,18,19,20). The Morgan fingerprint density at radius 1 is 1.32 bits per heavy atom. The normalized spacial score (nSPS) is 12.4. The van der Waals surface area contributed by atoms with Gasteiger partial charge in [-0.2, -0.15) is 0 Å². The molecule has 1 rings (SSSR count). The smallest absolute Gasteiger partial charge is 0.211 e. The van der Waals surface area contributed by atoms with Crippen LogP contribution in [-0.4, -0.2) is 62.6 Å². The van der Waals surface area contributed by atoms with Crippen molar-refractivity contribution in [2.45, 2.75) is 26.7 Å². The van der Waals surface area contributed by atoms with Gasteiger partial charge in [0, 0.05) is 38.9 Å². The highest BCUT2D eigenvalue weighted by Gasteiger charge is 2.12. The summed E-state index contributed by atoms with van der Waals surface area (Å²) in [5, 5.41) is 6.93. The van der Waals surface area contributed by atoms with Gasteiger partial charge in [0.1, 0.15) is 5.15 Å². The van der Waals surface area contributed by atoms with Crippen LogP contribution >= 0.6 is 11.6 Å². The number of pyridine rings is 1. The minimum absolute atomic E-state index is 0.481. The zero-order valence-electron chi connectivity index (χ0n) is 15.1. The van der Waals surface area contributed by atoms with Gasteiger partial charge in [0.2, 0.25) is 10.0 Å². The maximum Gasteiger partial charge on any atom is 0.211 e. The molecule has 142 valence electrons. The maximum absolute atomic E-state index is 11.5. The van der Waals surface area contributed by atoms with E-state index >= 15 is 0 Å². The molecule has 0 fully saturated rings. The summed E-state index contributed by atoms with van der Waals surface area (Å²) in [5.74, 6) is 0.729. The summed E-state index contributed by atoms with van der Waals surface area (Å²) in [4.78, 5) is 8.54. The monoisotopic (exact) mass is 389 g/mol. The van der Waals surface area contributed by atoms with Crippen LogP contribution in [0.5, 0.6) is 0 Å². The molecule has 7 nitrogen and oxygen atoms in total. The van der Waals surface area contributed by atoms with E-state index in [0.717, 1.165) is 31.0 Å². The van der Waals surface area contributed by atoms with Crippen LogP contribution in [0.2, 0.25) is 5.15 Å². The van der Waals surface area contributed by atoms with Gasteiger partial charge < -0.3 is 10.6 Å². The van der Waals surface area contributed by atoms with E-state index in [1.54, 1.807) is 12.3 Å². The molecule has 0 amide bonds. The first-order valence-electron chi connectivity index (χ1n) is 8.44. The average Bonchev–Trinajstić information content (AvgIpc) is 2.55. The number of hydrogen-bond acceptors (Lipinski definition) is 4. The van der Waals surface area contributed by atoms with E-state index in [1.165, 1.54) is 10.6 Å². The van der Waals surface area contributed by atoms with E-state index in [4.69, 9.17) is 11.6 Å². The van der Waals surface area contributed by atoms with E-state index in [0.29, 0.717) is 31.2 Å². The summed E-state index contributed by atoms with van der Waals surface area (Å²) in [6, 6.07) is 3.73. The van der Waals surface area contributed by atoms with Crippen LogP contribution in [0.25, 0.3) is 0 Å². The minimum Gasteiger partial charge on any atom is -0.357 e. The van der Waals surface area contributed by atoms with Crippen LogP contribution < -0.4 is 10.6 Å². The molecular formula is C16H28ClN5O2S. The molecule has 0 aliphatic heterocycles. The Balaban J connectivity index is 2.41. The summed E-state index contributed by atoms with van der Waals surface area (Å²) in [6.07, 6.45) is 4.49. The Bertz CT molecular complexity index is 634. The Hall–Kier alpha value is -1.38. The molecule has 0 saturated carbocycles. The third-order valence-corrected chi connectivity index (χ3v) is 5.10. The van der Waals surface area contributed by atoms with Crippen LogP contribution in [0, 0.1) is 0 Å². The van der Waals surface area contributed by atoms with Crippen molar-refractivity contribution in [3.63, 3.8) is 0 Å². The number of hydrogen-bond donors (Lipinski definition) is 2. The molecular weight excluding hydrogens is 362 g/mol. The summed E-state index contributed by atoms with van der Waals surface area (Å²) in [5.41, 5.74) is 1.10. The molecule has 0 spiro atoms. The van der Waals surface area contributed by atoms with Gasteiger partial charge in [-0.3, -0.25) is 4.99 Å². The summed E-state index contributed by atoms with van der Waals surface area (Å²) in [6.45, 7) is 6.84. The minimum atomic E-state index is -3.14. The Morgan fingerprint density at radius 3 is 2.64 bits per heavy atom. The second-order valence-electron chi connectivity index (χ2n) is 5.53. The van der Waals surface area contributed by atoms with Crippen LogP contribution in [0.15, 0.2) is 23.3 Å². The highest BCUT2D eigenvalue weighted by Crippen LogP contribution is 2.05. The van der Waals surface area contributed by atoms with Gasteiger partial charge in [0.25, 0.3) is 0 Å². The number of nitrogens with zero attached hydrogens (tertiary/aromatic N) is 3. The van der Waals surface area contributed by atoms with Crippen molar-refractivity contribution in [2.24, 2.45) is 4.99 Å². The van der Waals surface area contributed by atoms with Gasteiger partial charge in [-0.05, 0) is 31.4 Å². The first-order valence-corrected chi connectivity index (χ1v) is 10.7. The molecule has 0 radical (unpaired) electrons. The largest absolute Gasteiger partial charge is 0.357 e. The number of aromatic nitrogens is 1. The first-order chi connectivity index (χ1) is 11.9. The van der Waals surface area contributed by atoms with E-state index in [2.05, 4.69) is 20.6 Å². The van der Waals surface area contributed by atoms with E-state index in [-0.39, 0.29) is 0 Å². The second kappa shape index (κ2) is 11.3. The number of nitrogens with one attached hydrogen (secondary N) is 2. The fourth-order valence-corrected chi connectivity index (χ4v) is 3.26. The number of guanidine groups is 1. The van der Waals surface area contributed by atoms with Crippen LogP contribution in [0.4, 0.5) is 0 Å². The van der Waals surface area contributed by atoms with Crippen molar-refractivity contribution >= 4 is 27.6 Å². The molecule has 0 atom stereocenters. The van der Waals surface area contributed by atoms with Crippen molar-refractivity contribution in [2.75, 3.05) is 39.0 Å². The van der Waals surface area contributed by atoms with Crippen molar-refractivity contribution in [3.05, 3.63) is 29.0 Å². The highest BCUT2D eigenvalue weighted by atomic mass is 35.5. The predicted molar refractivity (Wildman–Crippen MR) is 104 cm³/mol. The van der Waals surface area contributed by atoms with Gasteiger partial charge in [0.05, 0.1) is 6.26 Å². The molecule has 0 saturated heterocycles. The molecule has 0 bridgehead atoms. The second-order valence-corrected chi connectivity index (χ2v) is 7.90. The molecule has 2 N–H and O–H groups in total. The molecule has 1 aromatic rings. The molecule has 1 heterocycles. The first kappa shape index (κ1) is 21.7. The predicted octanol–water partition coefficient (Wildman–Crippen LogP) is 1.50. The lowest BCUT2D eigenvalue weighted by Gasteiger charge is -2.17. The van der Waals surface area contributed by atoms with Gasteiger partial charge in [-0.25, -0.2) is 17.7 Å². The lowest BCUT2D eigenvalue weighted by molar-refractivity contribution is 0.427. The number of aliphatic imine (C=N–C) groups is 1. The third kappa shape index (κ3) is 9.04. The van der Waals surface area contributed by atoms with Crippen LogP contribution in [-0.2, 0) is 16.4 Å². The topological polar surface area (TPSA) is 86.7 Å². The van der Waals surface area contributed by atoms with Gasteiger partial charge in [-0.15, -0.1) is 0 Å². The molecule has 0 aromatic carbocycles. The van der Waals surface area contributed by atoms with E-state index in [1.807, 2.05) is 19.9 Å².